The molecule has 0 spiro atoms. The second kappa shape index (κ2) is 30.9. The largest absolute Gasteiger partial charge is 2.00 e. The van der Waals surface area contributed by atoms with Crippen LogP contribution in [0, 0.1) is 0 Å². The molecule has 0 heterocycles. The minimum Gasteiger partial charge on any atom is -1.00 e. The van der Waals surface area contributed by atoms with Crippen LogP contribution in [0.5, 0.6) is 0 Å². The summed E-state index contributed by atoms with van der Waals surface area (Å²) in [6, 6.07) is 0. The molecule has 2 radical (unpaired) electrons. The molecule has 0 atom stereocenters. The Morgan fingerprint density at radius 1 is 1.00 bits per heavy atom. The van der Waals surface area contributed by atoms with E-state index in [1.165, 1.54) is 0 Å². The summed E-state index contributed by atoms with van der Waals surface area (Å²) in [5.74, 6) is 0. The van der Waals surface area contributed by atoms with Crippen LogP contribution in [0.1, 0.15) is 2.85 Å². The molecular formula is H11Al2MgMnSi. The molecule has 0 bridgehead atoms. The van der Waals surface area contributed by atoms with Gasteiger partial charge in [-0.2, -0.15) is 0 Å². The molecule has 0 aromatic carbocycles. The summed E-state index contributed by atoms with van der Waals surface area (Å²) in [4.78, 5) is 0. The van der Waals surface area contributed by atoms with Crippen molar-refractivity contribution < 1.29 is 19.9 Å². The zero-order valence-electron chi connectivity index (χ0n) is 4.09. The van der Waals surface area contributed by atoms with Crippen molar-refractivity contribution in [1.82, 2.24) is 0 Å². The third-order valence-electron chi connectivity index (χ3n) is 0. The topological polar surface area (TPSA) is 0 Å². The van der Waals surface area contributed by atoms with Gasteiger partial charge in [0.05, 0.1) is 0 Å². The van der Waals surface area contributed by atoms with Crippen molar-refractivity contribution in [3.63, 3.8) is 0 Å². The van der Waals surface area contributed by atoms with Crippen molar-refractivity contribution in [2.24, 2.45) is 0 Å². The zero-order valence-corrected chi connectivity index (χ0v) is 6.68. The first-order valence-electron chi connectivity index (χ1n) is 0. The quantitative estimate of drug-likeness (QED) is 0.330. The number of rotatable bonds is 0. The van der Waals surface area contributed by atoms with Crippen LogP contribution in [-0.4, -0.2) is 68.7 Å². The van der Waals surface area contributed by atoms with Crippen LogP contribution < -0.4 is 0 Å². The fraction of sp³-hybridized carbons (Fsp3) is 0. The number of hydrogen-bond donors (Lipinski definition) is 0. The van der Waals surface area contributed by atoms with Crippen molar-refractivity contribution in [2.45, 2.75) is 0 Å². The van der Waals surface area contributed by atoms with E-state index in [1.807, 2.05) is 0 Å². The van der Waals surface area contributed by atoms with Crippen LogP contribution in [-0.2, 0) is 17.1 Å². The van der Waals surface area contributed by atoms with E-state index < -0.39 is 0 Å². The van der Waals surface area contributed by atoms with Gasteiger partial charge in [-0.1, -0.05) is 0 Å². The Balaban J connectivity index is 0. The molecule has 30 valence electrons. The third kappa shape index (κ3) is 20.8. The minimum absolute atomic E-state index is 0. The molecule has 0 aliphatic heterocycles. The smallest absolute Gasteiger partial charge is 1.00 e. The molecule has 0 fully saturated rings. The fourth-order valence-electron chi connectivity index (χ4n) is 0. The predicted octanol–water partition coefficient (Wildman–Crippen LogP) is -3.71. The first-order chi connectivity index (χ1) is 0. The monoisotopic (exact) mass is 172 g/mol. The van der Waals surface area contributed by atoms with Gasteiger partial charge in [-0.05, 0) is 11.0 Å². The average Bonchev–Trinajstić information content (AvgIpc) is 0. The minimum atomic E-state index is 0. The molecule has 0 aliphatic carbocycles. The molecule has 0 saturated carbocycles. The Bertz CT molecular complexity index is 15.7. The van der Waals surface area contributed by atoms with Gasteiger partial charge in [0.2, 0.25) is 0 Å². The van der Waals surface area contributed by atoms with E-state index >= 15 is 0 Å². The molecule has 0 N–H and O–H groups in total. The summed E-state index contributed by atoms with van der Waals surface area (Å²) in [5.41, 5.74) is 0. The van der Waals surface area contributed by atoms with Gasteiger partial charge >= 0.3 is 23.1 Å². The molecular weight excluding hydrogens is 161 g/mol. The van der Waals surface area contributed by atoms with Crippen molar-refractivity contribution in [1.29, 1.82) is 0 Å². The molecule has 0 aromatic rings. The van der Waals surface area contributed by atoms with Crippen LogP contribution in [0.25, 0.3) is 0 Å². The van der Waals surface area contributed by atoms with Crippen LogP contribution >= 0.6 is 0 Å². The maximum atomic E-state index is 0. The van der Waals surface area contributed by atoms with Crippen molar-refractivity contribution >= 4 is 68.7 Å². The fourth-order valence-corrected chi connectivity index (χ4v) is 0. The summed E-state index contributed by atoms with van der Waals surface area (Å²) < 4.78 is 0. The van der Waals surface area contributed by atoms with E-state index in [-0.39, 0.29) is 88.7 Å². The normalized spacial score (nSPS) is 0. The maximum absolute atomic E-state index is 0. The second-order valence-electron chi connectivity index (χ2n) is 0. The summed E-state index contributed by atoms with van der Waals surface area (Å²) >= 11 is 0. The molecule has 0 unspecified atom stereocenters. The van der Waals surface area contributed by atoms with E-state index in [4.69, 9.17) is 0 Å². The standard InChI is InChI=1S/2Al.Mg.Mn.H3Si.8H/h;;;;1H3;;;;;;;;/q;;+2;;;;;;;;;2*-1. The second-order valence-corrected chi connectivity index (χ2v) is 0. The van der Waals surface area contributed by atoms with Gasteiger partial charge in [0.1, 0.15) is 0 Å². The Hall–Kier alpha value is 2.57. The summed E-state index contributed by atoms with van der Waals surface area (Å²) in [6.07, 6.45) is 0. The van der Waals surface area contributed by atoms with Gasteiger partial charge in [0, 0.05) is 17.1 Å². The SMILES string of the molecule is [AlH3].[AlH3].[H-].[H-].[Mg+2].[Mn].[SiH3]. The molecule has 0 rings (SSSR count). The van der Waals surface area contributed by atoms with Crippen LogP contribution in [0.4, 0.5) is 0 Å². The molecule has 0 aliphatic rings. The Morgan fingerprint density at radius 2 is 1.00 bits per heavy atom. The predicted molar refractivity (Wildman–Crippen MR) is 37.8 cm³/mol. The first kappa shape index (κ1) is 49.5. The summed E-state index contributed by atoms with van der Waals surface area (Å²) in [7, 11) is 0. The van der Waals surface area contributed by atoms with Crippen molar-refractivity contribution in [3.8, 4) is 0 Å². The number of hydrogen-bond acceptors (Lipinski definition) is 0. The molecule has 0 aromatic heterocycles. The Kier molecular flexibility index (Phi) is 306. The Morgan fingerprint density at radius 3 is 1.00 bits per heavy atom. The molecule has 0 nitrogen and oxygen atoms in total. The van der Waals surface area contributed by atoms with Gasteiger partial charge in [-0.3, -0.25) is 0 Å². The van der Waals surface area contributed by atoms with Gasteiger partial charge in [0.25, 0.3) is 0 Å². The summed E-state index contributed by atoms with van der Waals surface area (Å²) in [6.45, 7) is 0. The van der Waals surface area contributed by atoms with E-state index in [2.05, 4.69) is 0 Å². The zero-order chi connectivity index (χ0) is 0. The Labute approximate surface area is 87.7 Å². The third-order valence-corrected chi connectivity index (χ3v) is 0. The van der Waals surface area contributed by atoms with E-state index in [0.717, 1.165) is 0 Å². The van der Waals surface area contributed by atoms with E-state index in [0.29, 0.717) is 0 Å². The van der Waals surface area contributed by atoms with Crippen molar-refractivity contribution in [3.05, 3.63) is 0 Å². The van der Waals surface area contributed by atoms with E-state index in [1.54, 1.807) is 0 Å². The van der Waals surface area contributed by atoms with Gasteiger partial charge in [-0.15, -0.1) is 0 Å². The van der Waals surface area contributed by atoms with Crippen LogP contribution in [0.3, 0.4) is 0 Å². The molecule has 0 amide bonds. The van der Waals surface area contributed by atoms with Gasteiger partial charge in [0.15, 0.2) is 34.7 Å². The van der Waals surface area contributed by atoms with Gasteiger partial charge in [-0.25, -0.2) is 0 Å². The first-order valence-corrected chi connectivity index (χ1v) is 0. The summed E-state index contributed by atoms with van der Waals surface area (Å²) in [5, 5.41) is 0. The molecule has 0 saturated heterocycles. The van der Waals surface area contributed by atoms with Crippen molar-refractivity contribution in [2.75, 3.05) is 0 Å². The maximum Gasteiger partial charge on any atom is 2.00 e. The molecule has 5 heavy (non-hydrogen) atoms. The average molecular weight is 172 g/mol. The van der Waals surface area contributed by atoms with Gasteiger partial charge < -0.3 is 2.85 Å². The van der Waals surface area contributed by atoms with E-state index in [9.17, 15) is 0 Å². The van der Waals surface area contributed by atoms with Crippen LogP contribution in [0.15, 0.2) is 0 Å². The van der Waals surface area contributed by atoms with Crippen LogP contribution in [0.2, 0.25) is 0 Å². The molecule has 5 heteroatoms.